The third-order valence-electron chi connectivity index (χ3n) is 1.58. The highest BCUT2D eigenvalue weighted by molar-refractivity contribution is 5.69. The van der Waals surface area contributed by atoms with Crippen LogP contribution in [0.2, 0.25) is 0 Å². The van der Waals surface area contributed by atoms with E-state index in [1.165, 1.54) is 0 Å². The summed E-state index contributed by atoms with van der Waals surface area (Å²) in [7, 11) is 0. The van der Waals surface area contributed by atoms with Crippen molar-refractivity contribution in [2.45, 2.75) is 39.7 Å². The molecule has 0 aliphatic rings. The minimum Gasteiger partial charge on any atom is -0.454 e. The van der Waals surface area contributed by atoms with Crippen LogP contribution in [0.5, 0.6) is 0 Å². The zero-order valence-electron chi connectivity index (χ0n) is 8.67. The van der Waals surface area contributed by atoms with Crippen molar-refractivity contribution in [3.05, 3.63) is 24.3 Å². The van der Waals surface area contributed by atoms with Gasteiger partial charge >= 0.3 is 5.97 Å². The van der Waals surface area contributed by atoms with Gasteiger partial charge in [0.25, 0.3) is 0 Å². The molecular formula is C11H18O2. The van der Waals surface area contributed by atoms with Gasteiger partial charge in [-0.3, -0.25) is 4.79 Å². The van der Waals surface area contributed by atoms with E-state index < -0.39 is 0 Å². The monoisotopic (exact) mass is 182 g/mol. The number of rotatable bonds is 5. The Morgan fingerprint density at radius 2 is 2.15 bits per heavy atom. The number of ether oxygens (including phenoxy) is 1. The van der Waals surface area contributed by atoms with Crippen LogP contribution in [0.25, 0.3) is 0 Å². The standard InChI is InChI=1S/C11H18O2/c1-5-7-8-10(9(3)4)13-11(12)6-2/h7-8,10H,3,5-6H2,1-2,4H3/b8-7+. The van der Waals surface area contributed by atoms with Crippen LogP contribution in [0.15, 0.2) is 24.3 Å². The molecule has 2 heteroatoms. The van der Waals surface area contributed by atoms with E-state index in [1.54, 1.807) is 6.92 Å². The molecule has 0 amide bonds. The Morgan fingerprint density at radius 3 is 2.54 bits per heavy atom. The molecule has 1 atom stereocenters. The molecule has 0 aliphatic heterocycles. The Morgan fingerprint density at radius 1 is 1.54 bits per heavy atom. The van der Waals surface area contributed by atoms with E-state index in [2.05, 4.69) is 6.58 Å². The Labute approximate surface area is 80.3 Å². The van der Waals surface area contributed by atoms with Crippen molar-refractivity contribution in [2.24, 2.45) is 0 Å². The van der Waals surface area contributed by atoms with Crippen molar-refractivity contribution in [3.63, 3.8) is 0 Å². The highest BCUT2D eigenvalue weighted by Crippen LogP contribution is 2.07. The van der Waals surface area contributed by atoms with Crippen molar-refractivity contribution in [1.82, 2.24) is 0 Å². The van der Waals surface area contributed by atoms with Gasteiger partial charge in [0.1, 0.15) is 6.10 Å². The van der Waals surface area contributed by atoms with Crippen LogP contribution in [0.4, 0.5) is 0 Å². The van der Waals surface area contributed by atoms with Crippen LogP contribution < -0.4 is 0 Å². The maximum atomic E-state index is 11.0. The summed E-state index contributed by atoms with van der Waals surface area (Å²) < 4.78 is 5.14. The Balaban J connectivity index is 4.18. The van der Waals surface area contributed by atoms with Gasteiger partial charge in [0.15, 0.2) is 0 Å². The van der Waals surface area contributed by atoms with Crippen molar-refractivity contribution in [1.29, 1.82) is 0 Å². The number of carbonyl (C=O) groups is 1. The number of carbonyl (C=O) groups excluding carboxylic acids is 1. The first-order valence-corrected chi connectivity index (χ1v) is 4.63. The molecule has 0 aromatic carbocycles. The Hall–Kier alpha value is -1.05. The summed E-state index contributed by atoms with van der Waals surface area (Å²) in [6, 6.07) is 0. The van der Waals surface area contributed by atoms with Crippen LogP contribution >= 0.6 is 0 Å². The highest BCUT2D eigenvalue weighted by Gasteiger charge is 2.09. The zero-order valence-corrected chi connectivity index (χ0v) is 8.67. The molecule has 0 aromatic heterocycles. The second-order valence-corrected chi connectivity index (χ2v) is 2.95. The predicted molar refractivity (Wildman–Crippen MR) is 54.4 cm³/mol. The van der Waals surface area contributed by atoms with Crippen molar-refractivity contribution in [2.75, 3.05) is 0 Å². The topological polar surface area (TPSA) is 26.3 Å². The minimum atomic E-state index is -0.257. The fourth-order valence-electron chi connectivity index (χ4n) is 0.789. The molecular weight excluding hydrogens is 164 g/mol. The summed E-state index contributed by atoms with van der Waals surface area (Å²) in [5.74, 6) is -0.186. The summed E-state index contributed by atoms with van der Waals surface area (Å²) in [4.78, 5) is 11.0. The fourth-order valence-corrected chi connectivity index (χ4v) is 0.789. The number of hydrogen-bond acceptors (Lipinski definition) is 2. The molecule has 0 rings (SSSR count). The summed E-state index contributed by atoms with van der Waals surface area (Å²) in [6.07, 6.45) is 4.93. The first-order valence-electron chi connectivity index (χ1n) is 4.63. The smallest absolute Gasteiger partial charge is 0.306 e. The van der Waals surface area contributed by atoms with E-state index in [4.69, 9.17) is 4.74 Å². The summed E-state index contributed by atoms with van der Waals surface area (Å²) in [5, 5.41) is 0. The third kappa shape index (κ3) is 5.23. The van der Waals surface area contributed by atoms with E-state index in [-0.39, 0.29) is 12.1 Å². The molecule has 0 bridgehead atoms. The Kier molecular flexibility index (Phi) is 5.94. The number of hydrogen-bond donors (Lipinski definition) is 0. The van der Waals surface area contributed by atoms with Gasteiger partial charge in [0.2, 0.25) is 0 Å². The van der Waals surface area contributed by atoms with Crippen LogP contribution in [0.3, 0.4) is 0 Å². The highest BCUT2D eigenvalue weighted by atomic mass is 16.5. The summed E-state index contributed by atoms with van der Waals surface area (Å²) in [5.41, 5.74) is 0.853. The van der Waals surface area contributed by atoms with E-state index in [0.717, 1.165) is 12.0 Å². The SMILES string of the molecule is C=C(C)C(/C=C/CC)OC(=O)CC. The van der Waals surface area contributed by atoms with E-state index in [0.29, 0.717) is 6.42 Å². The second kappa shape index (κ2) is 6.46. The first-order chi connectivity index (χ1) is 6.11. The van der Waals surface area contributed by atoms with Gasteiger partial charge in [-0.15, -0.1) is 0 Å². The van der Waals surface area contributed by atoms with Crippen molar-refractivity contribution < 1.29 is 9.53 Å². The molecule has 13 heavy (non-hydrogen) atoms. The molecule has 0 aliphatic carbocycles. The molecule has 2 nitrogen and oxygen atoms in total. The van der Waals surface area contributed by atoms with Gasteiger partial charge in [-0.2, -0.15) is 0 Å². The Bertz CT molecular complexity index is 204. The predicted octanol–water partition coefficient (Wildman–Crippen LogP) is 2.85. The van der Waals surface area contributed by atoms with Crippen LogP contribution in [-0.2, 0) is 9.53 Å². The lowest BCUT2D eigenvalue weighted by atomic mass is 10.2. The molecule has 0 saturated carbocycles. The van der Waals surface area contributed by atoms with Crippen LogP contribution in [0, 0.1) is 0 Å². The lowest BCUT2D eigenvalue weighted by Crippen LogP contribution is -2.15. The van der Waals surface area contributed by atoms with E-state index >= 15 is 0 Å². The van der Waals surface area contributed by atoms with Gasteiger partial charge in [-0.25, -0.2) is 0 Å². The average Bonchev–Trinajstić information content (AvgIpc) is 2.11. The lowest BCUT2D eigenvalue weighted by molar-refractivity contribution is -0.145. The molecule has 0 saturated heterocycles. The van der Waals surface area contributed by atoms with Crippen molar-refractivity contribution >= 4 is 5.97 Å². The molecule has 0 fully saturated rings. The largest absolute Gasteiger partial charge is 0.454 e. The molecule has 0 N–H and O–H groups in total. The zero-order chi connectivity index (χ0) is 10.3. The van der Waals surface area contributed by atoms with Gasteiger partial charge in [-0.1, -0.05) is 26.5 Å². The number of allylic oxidation sites excluding steroid dienone is 1. The molecule has 0 aromatic rings. The van der Waals surface area contributed by atoms with E-state index in [1.807, 2.05) is 26.0 Å². The molecule has 0 heterocycles. The molecule has 1 unspecified atom stereocenters. The van der Waals surface area contributed by atoms with Crippen LogP contribution in [0.1, 0.15) is 33.6 Å². The molecule has 74 valence electrons. The lowest BCUT2D eigenvalue weighted by Gasteiger charge is -2.13. The van der Waals surface area contributed by atoms with Crippen molar-refractivity contribution in [3.8, 4) is 0 Å². The quantitative estimate of drug-likeness (QED) is 0.482. The summed E-state index contributed by atoms with van der Waals surface area (Å²) >= 11 is 0. The number of esters is 1. The van der Waals surface area contributed by atoms with E-state index in [9.17, 15) is 4.79 Å². The van der Waals surface area contributed by atoms with Gasteiger partial charge in [0.05, 0.1) is 0 Å². The van der Waals surface area contributed by atoms with Gasteiger partial charge in [0, 0.05) is 6.42 Å². The second-order valence-electron chi connectivity index (χ2n) is 2.95. The molecule has 0 radical (unpaired) electrons. The van der Waals surface area contributed by atoms with Gasteiger partial charge in [-0.05, 0) is 25.0 Å². The third-order valence-corrected chi connectivity index (χ3v) is 1.58. The normalized spacial score (nSPS) is 12.8. The maximum absolute atomic E-state index is 11.0. The fraction of sp³-hybridized carbons (Fsp3) is 0.545. The minimum absolute atomic E-state index is 0.186. The van der Waals surface area contributed by atoms with Crippen LogP contribution in [-0.4, -0.2) is 12.1 Å². The maximum Gasteiger partial charge on any atom is 0.306 e. The summed E-state index contributed by atoms with van der Waals surface area (Å²) in [6.45, 7) is 9.44. The van der Waals surface area contributed by atoms with Gasteiger partial charge < -0.3 is 4.74 Å². The first kappa shape index (κ1) is 11.9. The average molecular weight is 182 g/mol. The molecule has 0 spiro atoms.